The SMILES string of the molecule is CC(CO)S(=O)(=O)Nc1cccc2cc(Br)cnc12. The third-order valence-corrected chi connectivity index (χ3v) is 4.86. The van der Waals surface area contributed by atoms with Crippen LogP contribution in [0.4, 0.5) is 5.69 Å². The van der Waals surface area contributed by atoms with Crippen LogP contribution in [0.5, 0.6) is 0 Å². The molecule has 1 atom stereocenters. The quantitative estimate of drug-likeness (QED) is 0.890. The van der Waals surface area contributed by atoms with Crippen LogP contribution in [-0.2, 0) is 10.0 Å². The van der Waals surface area contributed by atoms with E-state index in [-0.39, 0.29) is 0 Å². The Balaban J connectivity index is 2.47. The minimum atomic E-state index is -3.62. The summed E-state index contributed by atoms with van der Waals surface area (Å²) in [4.78, 5) is 4.21. The number of hydrogen-bond donors (Lipinski definition) is 2. The van der Waals surface area contributed by atoms with Gasteiger partial charge in [-0.1, -0.05) is 12.1 Å². The van der Waals surface area contributed by atoms with Gasteiger partial charge >= 0.3 is 0 Å². The van der Waals surface area contributed by atoms with E-state index in [0.717, 1.165) is 9.86 Å². The number of nitrogens with zero attached hydrogens (tertiary/aromatic N) is 1. The maximum absolute atomic E-state index is 11.9. The predicted octanol–water partition coefficient (Wildman–Crippen LogP) is 2.12. The summed E-state index contributed by atoms with van der Waals surface area (Å²) in [7, 11) is -3.62. The highest BCUT2D eigenvalue weighted by molar-refractivity contribution is 9.10. The lowest BCUT2D eigenvalue weighted by molar-refractivity contribution is 0.296. The molecule has 0 fully saturated rings. The molecular formula is C12H13BrN2O3S. The van der Waals surface area contributed by atoms with Crippen LogP contribution in [0.15, 0.2) is 34.9 Å². The van der Waals surface area contributed by atoms with E-state index in [1.807, 2.05) is 12.1 Å². The van der Waals surface area contributed by atoms with Crippen LogP contribution < -0.4 is 4.72 Å². The number of halogens is 1. The Hall–Kier alpha value is -1.18. The molecule has 1 unspecified atom stereocenters. The average Bonchev–Trinajstić information content (AvgIpc) is 2.37. The van der Waals surface area contributed by atoms with E-state index in [4.69, 9.17) is 5.11 Å². The van der Waals surface area contributed by atoms with Crippen LogP contribution in [0.3, 0.4) is 0 Å². The smallest absolute Gasteiger partial charge is 0.237 e. The topological polar surface area (TPSA) is 79.3 Å². The van der Waals surface area contributed by atoms with E-state index in [1.54, 1.807) is 18.3 Å². The van der Waals surface area contributed by atoms with Crippen molar-refractivity contribution in [3.05, 3.63) is 34.9 Å². The molecule has 5 nitrogen and oxygen atoms in total. The van der Waals surface area contributed by atoms with Crippen LogP contribution in [0, 0.1) is 0 Å². The summed E-state index contributed by atoms with van der Waals surface area (Å²) < 4.78 is 27.2. The standard InChI is InChI=1S/C12H13BrN2O3S/c1-8(7-16)19(17,18)15-11-4-2-3-9-5-10(13)6-14-12(9)11/h2-6,8,15-16H,7H2,1H3. The third kappa shape index (κ3) is 3.05. The normalized spacial score (nSPS) is 13.4. The van der Waals surface area contributed by atoms with Crippen molar-refractivity contribution in [2.45, 2.75) is 12.2 Å². The molecular weight excluding hydrogens is 332 g/mol. The van der Waals surface area contributed by atoms with Gasteiger partial charge in [-0.3, -0.25) is 9.71 Å². The Morgan fingerprint density at radius 2 is 2.21 bits per heavy atom. The summed E-state index contributed by atoms with van der Waals surface area (Å²) in [6.07, 6.45) is 1.61. The molecule has 0 aliphatic rings. The Morgan fingerprint density at radius 3 is 2.89 bits per heavy atom. The highest BCUT2D eigenvalue weighted by Gasteiger charge is 2.20. The van der Waals surface area contributed by atoms with Gasteiger partial charge in [-0.2, -0.15) is 0 Å². The second-order valence-corrected chi connectivity index (χ2v) is 7.19. The first kappa shape index (κ1) is 14.2. The van der Waals surface area contributed by atoms with Gasteiger partial charge in [0.1, 0.15) is 5.25 Å². The fourth-order valence-corrected chi connectivity index (χ4v) is 2.79. The zero-order chi connectivity index (χ0) is 14.0. The van der Waals surface area contributed by atoms with E-state index < -0.39 is 21.9 Å². The predicted molar refractivity (Wildman–Crippen MR) is 78.5 cm³/mol. The van der Waals surface area contributed by atoms with Gasteiger partial charge in [-0.15, -0.1) is 0 Å². The molecule has 0 saturated carbocycles. The Kier molecular flexibility index (Phi) is 4.07. The summed E-state index contributed by atoms with van der Waals surface area (Å²) in [6.45, 7) is 1.01. The van der Waals surface area contributed by atoms with Crippen molar-refractivity contribution < 1.29 is 13.5 Å². The van der Waals surface area contributed by atoms with E-state index in [1.165, 1.54) is 6.92 Å². The molecule has 0 radical (unpaired) electrons. The molecule has 19 heavy (non-hydrogen) atoms. The number of nitrogens with one attached hydrogen (secondary N) is 1. The van der Waals surface area contributed by atoms with Crippen LogP contribution >= 0.6 is 15.9 Å². The summed E-state index contributed by atoms with van der Waals surface area (Å²) in [6, 6.07) is 7.10. The maximum atomic E-state index is 11.9. The van der Waals surface area contributed by atoms with Crippen molar-refractivity contribution in [1.29, 1.82) is 0 Å². The van der Waals surface area contributed by atoms with Crippen molar-refractivity contribution in [3.8, 4) is 0 Å². The Morgan fingerprint density at radius 1 is 1.47 bits per heavy atom. The third-order valence-electron chi connectivity index (χ3n) is 2.72. The molecule has 2 rings (SSSR count). The van der Waals surface area contributed by atoms with Gasteiger partial charge in [-0.05, 0) is 35.0 Å². The molecule has 2 aromatic rings. The Labute approximate surface area is 119 Å². The summed E-state index contributed by atoms with van der Waals surface area (Å²) in [5.74, 6) is 0. The van der Waals surface area contributed by atoms with Crippen LogP contribution in [-0.4, -0.2) is 30.4 Å². The van der Waals surface area contributed by atoms with Gasteiger partial charge in [0.05, 0.1) is 17.8 Å². The first-order valence-electron chi connectivity index (χ1n) is 5.61. The number of aliphatic hydroxyl groups excluding tert-OH is 1. The van der Waals surface area contributed by atoms with Crippen molar-refractivity contribution in [2.24, 2.45) is 0 Å². The second kappa shape index (κ2) is 5.44. The molecule has 0 saturated heterocycles. The molecule has 7 heteroatoms. The van der Waals surface area contributed by atoms with Crippen molar-refractivity contribution >= 4 is 42.5 Å². The van der Waals surface area contributed by atoms with Crippen molar-refractivity contribution in [2.75, 3.05) is 11.3 Å². The minimum absolute atomic E-state index is 0.408. The molecule has 0 aliphatic heterocycles. The highest BCUT2D eigenvalue weighted by atomic mass is 79.9. The fraction of sp³-hybridized carbons (Fsp3) is 0.250. The van der Waals surface area contributed by atoms with E-state index in [9.17, 15) is 8.42 Å². The van der Waals surface area contributed by atoms with Gasteiger partial charge in [0.15, 0.2) is 0 Å². The van der Waals surface area contributed by atoms with Gasteiger partial charge in [-0.25, -0.2) is 8.42 Å². The van der Waals surface area contributed by atoms with Crippen LogP contribution in [0.2, 0.25) is 0 Å². The number of hydrogen-bond acceptors (Lipinski definition) is 4. The van der Waals surface area contributed by atoms with E-state index in [2.05, 4.69) is 25.6 Å². The largest absolute Gasteiger partial charge is 0.395 e. The number of fused-ring (bicyclic) bond motifs is 1. The summed E-state index contributed by atoms with van der Waals surface area (Å²) >= 11 is 3.32. The van der Waals surface area contributed by atoms with Crippen LogP contribution in [0.1, 0.15) is 6.92 Å². The molecule has 1 heterocycles. The zero-order valence-corrected chi connectivity index (χ0v) is 12.6. The van der Waals surface area contributed by atoms with Gasteiger partial charge in [0.25, 0.3) is 0 Å². The summed E-state index contributed by atoms with van der Waals surface area (Å²) in [5.41, 5.74) is 0.977. The lowest BCUT2D eigenvalue weighted by Crippen LogP contribution is -2.28. The monoisotopic (exact) mass is 344 g/mol. The minimum Gasteiger partial charge on any atom is -0.395 e. The molecule has 0 bridgehead atoms. The second-order valence-electron chi connectivity index (χ2n) is 4.17. The zero-order valence-electron chi connectivity index (χ0n) is 10.2. The molecule has 0 aliphatic carbocycles. The lowest BCUT2D eigenvalue weighted by atomic mass is 10.2. The molecule has 1 aromatic heterocycles. The number of anilines is 1. The number of aliphatic hydroxyl groups is 1. The van der Waals surface area contributed by atoms with Gasteiger partial charge < -0.3 is 5.11 Å². The first-order chi connectivity index (χ1) is 8.94. The number of rotatable bonds is 4. The highest BCUT2D eigenvalue weighted by Crippen LogP contribution is 2.25. The van der Waals surface area contributed by atoms with E-state index in [0.29, 0.717) is 11.2 Å². The molecule has 0 spiro atoms. The van der Waals surface area contributed by atoms with Gasteiger partial charge in [0, 0.05) is 16.1 Å². The Bertz CT molecular complexity index is 703. The van der Waals surface area contributed by atoms with Gasteiger partial charge in [0.2, 0.25) is 10.0 Å². The summed E-state index contributed by atoms with van der Waals surface area (Å²) in [5, 5.41) is 8.91. The molecule has 2 N–H and O–H groups in total. The lowest BCUT2D eigenvalue weighted by Gasteiger charge is -2.13. The number of aromatic nitrogens is 1. The number of pyridine rings is 1. The van der Waals surface area contributed by atoms with E-state index >= 15 is 0 Å². The maximum Gasteiger partial charge on any atom is 0.237 e. The first-order valence-corrected chi connectivity index (χ1v) is 7.95. The molecule has 0 amide bonds. The number of para-hydroxylation sites is 1. The number of sulfonamides is 1. The average molecular weight is 345 g/mol. The molecule has 1 aromatic carbocycles. The fourth-order valence-electron chi connectivity index (χ4n) is 1.57. The number of benzene rings is 1. The van der Waals surface area contributed by atoms with Crippen LogP contribution in [0.25, 0.3) is 10.9 Å². The molecule has 102 valence electrons. The van der Waals surface area contributed by atoms with Crippen molar-refractivity contribution in [1.82, 2.24) is 4.98 Å². The van der Waals surface area contributed by atoms with Crippen molar-refractivity contribution in [3.63, 3.8) is 0 Å².